The molecule has 0 bridgehead atoms. The number of aromatic nitrogens is 1. The number of fused-ring (bicyclic) bond motifs is 1. The second-order valence-electron chi connectivity index (χ2n) is 11.3. The molecule has 2 aromatic rings. The Morgan fingerprint density at radius 1 is 1.10 bits per heavy atom. The lowest BCUT2D eigenvalue weighted by molar-refractivity contribution is -0.151. The first-order valence-electron chi connectivity index (χ1n) is 14.5. The number of H-pyrrole nitrogens is 1. The van der Waals surface area contributed by atoms with E-state index in [0.717, 1.165) is 82.6 Å². The lowest BCUT2D eigenvalue weighted by Gasteiger charge is -2.39. The minimum absolute atomic E-state index is 0.0906. The number of hydrogen-bond donors (Lipinski definition) is 1. The molecule has 1 amide bonds. The molecular formula is C29H42N4O6. The Labute approximate surface area is 229 Å². The number of rotatable bonds is 9. The molecule has 39 heavy (non-hydrogen) atoms. The normalized spacial score (nSPS) is 22.4. The highest BCUT2D eigenvalue weighted by atomic mass is 16.5. The number of likely N-dealkylation sites (tertiary alicyclic amines) is 2. The maximum Gasteiger partial charge on any atom is 0.417 e. The molecule has 10 nitrogen and oxygen atoms in total. The molecule has 3 fully saturated rings. The van der Waals surface area contributed by atoms with Gasteiger partial charge in [0.05, 0.1) is 25.3 Å². The van der Waals surface area contributed by atoms with E-state index in [2.05, 4.69) is 14.8 Å². The SMILES string of the molecule is Cc1cc(C[C@@H](C)C(=O)N2CCC(N3CCC[C@@H]3C(=O)OCCCN3CCOCC3)CC2)cc2oc(=O)[nH]c12. The van der Waals surface area contributed by atoms with E-state index in [1.807, 2.05) is 30.9 Å². The molecule has 5 rings (SSSR count). The van der Waals surface area contributed by atoms with Crippen LogP contribution in [0.1, 0.15) is 50.2 Å². The summed E-state index contributed by atoms with van der Waals surface area (Å²) in [6.07, 6.45) is 5.05. The van der Waals surface area contributed by atoms with E-state index in [0.29, 0.717) is 43.3 Å². The van der Waals surface area contributed by atoms with Gasteiger partial charge >= 0.3 is 11.7 Å². The summed E-state index contributed by atoms with van der Waals surface area (Å²) in [5.41, 5.74) is 3.17. The van der Waals surface area contributed by atoms with Crippen LogP contribution in [0.4, 0.5) is 0 Å². The van der Waals surface area contributed by atoms with Crippen molar-refractivity contribution in [3.05, 3.63) is 33.8 Å². The van der Waals surface area contributed by atoms with Crippen molar-refractivity contribution in [3.8, 4) is 0 Å². The van der Waals surface area contributed by atoms with E-state index in [1.54, 1.807) is 0 Å². The van der Waals surface area contributed by atoms with Crippen molar-refractivity contribution in [3.63, 3.8) is 0 Å². The number of carbonyl (C=O) groups excluding carboxylic acids is 2. The first-order chi connectivity index (χ1) is 18.9. The van der Waals surface area contributed by atoms with E-state index in [1.165, 1.54) is 0 Å². The number of benzene rings is 1. The largest absolute Gasteiger partial charge is 0.464 e. The van der Waals surface area contributed by atoms with Crippen molar-refractivity contribution in [1.82, 2.24) is 19.7 Å². The van der Waals surface area contributed by atoms with Crippen LogP contribution in [0, 0.1) is 12.8 Å². The van der Waals surface area contributed by atoms with Crippen LogP contribution >= 0.6 is 0 Å². The lowest BCUT2D eigenvalue weighted by atomic mass is 9.96. The second-order valence-corrected chi connectivity index (χ2v) is 11.3. The quantitative estimate of drug-likeness (QED) is 0.380. The molecule has 3 aliphatic rings. The monoisotopic (exact) mass is 542 g/mol. The number of hydrogen-bond acceptors (Lipinski definition) is 8. The van der Waals surface area contributed by atoms with Gasteiger partial charge in [0.2, 0.25) is 5.91 Å². The fourth-order valence-electron chi connectivity index (χ4n) is 6.44. The highest BCUT2D eigenvalue weighted by molar-refractivity contribution is 5.80. The van der Waals surface area contributed by atoms with Gasteiger partial charge in [-0.15, -0.1) is 0 Å². The van der Waals surface area contributed by atoms with Crippen molar-refractivity contribution in [1.29, 1.82) is 0 Å². The van der Waals surface area contributed by atoms with E-state index in [4.69, 9.17) is 13.9 Å². The van der Waals surface area contributed by atoms with Gasteiger partial charge in [-0.3, -0.25) is 24.4 Å². The summed E-state index contributed by atoms with van der Waals surface area (Å²) in [4.78, 5) is 47.1. The molecule has 1 aromatic carbocycles. The van der Waals surface area contributed by atoms with Gasteiger partial charge in [-0.1, -0.05) is 13.0 Å². The zero-order valence-electron chi connectivity index (χ0n) is 23.3. The molecule has 0 saturated carbocycles. The van der Waals surface area contributed by atoms with Crippen LogP contribution in [-0.2, 0) is 25.5 Å². The summed E-state index contributed by atoms with van der Waals surface area (Å²) in [5.74, 6) is -0.572. The molecule has 3 aliphatic heterocycles. The number of aryl methyl sites for hydroxylation is 1. The minimum Gasteiger partial charge on any atom is -0.464 e. The summed E-state index contributed by atoms with van der Waals surface area (Å²) in [7, 11) is 0. The highest BCUT2D eigenvalue weighted by Crippen LogP contribution is 2.28. The Kier molecular flexibility index (Phi) is 9.04. The predicted molar refractivity (Wildman–Crippen MR) is 147 cm³/mol. The molecule has 0 radical (unpaired) electrons. The Balaban J connectivity index is 1.07. The number of carbonyl (C=O) groups is 2. The number of morpholine rings is 1. The molecule has 1 N–H and O–H groups in total. The smallest absolute Gasteiger partial charge is 0.417 e. The molecule has 0 spiro atoms. The zero-order chi connectivity index (χ0) is 27.4. The fourth-order valence-corrected chi connectivity index (χ4v) is 6.44. The Morgan fingerprint density at radius 3 is 2.64 bits per heavy atom. The Bertz CT molecular complexity index is 1190. The van der Waals surface area contributed by atoms with Gasteiger partial charge < -0.3 is 18.8 Å². The average Bonchev–Trinajstić information content (AvgIpc) is 3.58. The van der Waals surface area contributed by atoms with Gasteiger partial charge in [-0.2, -0.15) is 0 Å². The van der Waals surface area contributed by atoms with E-state index < -0.39 is 5.76 Å². The predicted octanol–water partition coefficient (Wildman–Crippen LogP) is 2.33. The first kappa shape index (κ1) is 27.9. The third-order valence-electron chi connectivity index (χ3n) is 8.53. The molecule has 2 atom stereocenters. The minimum atomic E-state index is -0.463. The number of amides is 1. The van der Waals surface area contributed by atoms with Gasteiger partial charge in [-0.25, -0.2) is 4.79 Å². The van der Waals surface area contributed by atoms with Gasteiger partial charge in [0.1, 0.15) is 6.04 Å². The third kappa shape index (κ3) is 6.73. The van der Waals surface area contributed by atoms with Crippen LogP contribution in [-0.4, -0.2) is 103 Å². The first-order valence-corrected chi connectivity index (χ1v) is 14.5. The van der Waals surface area contributed by atoms with Gasteiger partial charge in [-0.05, 0) is 69.2 Å². The Hall–Kier alpha value is -2.69. The third-order valence-corrected chi connectivity index (χ3v) is 8.53. The van der Waals surface area contributed by atoms with Crippen molar-refractivity contribution in [2.75, 3.05) is 59.1 Å². The Morgan fingerprint density at radius 2 is 1.87 bits per heavy atom. The summed E-state index contributed by atoms with van der Waals surface area (Å²) in [6.45, 7) is 11.1. The molecule has 3 saturated heterocycles. The topological polar surface area (TPSA) is 108 Å². The van der Waals surface area contributed by atoms with E-state index >= 15 is 0 Å². The summed E-state index contributed by atoms with van der Waals surface area (Å²) in [6, 6.07) is 4.01. The van der Waals surface area contributed by atoms with Crippen LogP contribution < -0.4 is 5.76 Å². The maximum absolute atomic E-state index is 13.3. The fraction of sp³-hybridized carbons (Fsp3) is 0.690. The number of nitrogens with zero attached hydrogens (tertiary/aromatic N) is 3. The summed E-state index contributed by atoms with van der Waals surface area (Å²) in [5, 5.41) is 0. The molecule has 0 unspecified atom stereocenters. The number of esters is 1. The lowest BCUT2D eigenvalue weighted by Crippen LogP contribution is -2.51. The van der Waals surface area contributed by atoms with Gasteiger partial charge in [0.15, 0.2) is 5.58 Å². The molecule has 10 heteroatoms. The van der Waals surface area contributed by atoms with Crippen LogP contribution in [0.3, 0.4) is 0 Å². The molecule has 214 valence electrons. The number of oxazole rings is 1. The average molecular weight is 543 g/mol. The molecule has 4 heterocycles. The van der Waals surface area contributed by atoms with Crippen molar-refractivity contribution in [2.45, 2.75) is 64.5 Å². The van der Waals surface area contributed by atoms with Crippen LogP contribution in [0.25, 0.3) is 11.1 Å². The van der Waals surface area contributed by atoms with Crippen LogP contribution in [0.5, 0.6) is 0 Å². The maximum atomic E-state index is 13.3. The standard InChI is InChI=1S/C29H42N4O6/c1-20-17-22(19-25-26(20)30-29(36)39-25)18-21(2)27(34)32-10-6-23(7-11-32)33-9-3-5-24(33)28(35)38-14-4-8-31-12-15-37-16-13-31/h17,19,21,23-24H,3-16,18H2,1-2H3,(H,30,36)/t21-,24-/m1/s1. The summed E-state index contributed by atoms with van der Waals surface area (Å²) < 4.78 is 16.3. The van der Waals surface area contributed by atoms with Crippen molar-refractivity contribution in [2.24, 2.45) is 5.92 Å². The number of aromatic amines is 1. The number of piperidine rings is 1. The van der Waals surface area contributed by atoms with Gasteiger partial charge in [0.25, 0.3) is 0 Å². The van der Waals surface area contributed by atoms with Gasteiger partial charge in [0, 0.05) is 44.7 Å². The number of nitrogens with one attached hydrogen (secondary N) is 1. The zero-order valence-corrected chi connectivity index (χ0v) is 23.3. The number of ether oxygens (including phenoxy) is 2. The second kappa shape index (κ2) is 12.7. The molecule has 1 aromatic heterocycles. The highest BCUT2D eigenvalue weighted by Gasteiger charge is 2.38. The van der Waals surface area contributed by atoms with E-state index in [-0.39, 0.29) is 23.8 Å². The van der Waals surface area contributed by atoms with Crippen molar-refractivity contribution >= 4 is 23.0 Å². The van der Waals surface area contributed by atoms with Crippen molar-refractivity contribution < 1.29 is 23.5 Å². The van der Waals surface area contributed by atoms with E-state index in [9.17, 15) is 14.4 Å². The van der Waals surface area contributed by atoms with Crippen LogP contribution in [0.15, 0.2) is 21.3 Å². The summed E-state index contributed by atoms with van der Waals surface area (Å²) >= 11 is 0. The molecular weight excluding hydrogens is 500 g/mol. The molecule has 0 aliphatic carbocycles. The van der Waals surface area contributed by atoms with Crippen LogP contribution in [0.2, 0.25) is 0 Å².